The maximum atomic E-state index is 5.89. The molecule has 2 atom stereocenters. The van der Waals surface area contributed by atoms with Gasteiger partial charge >= 0.3 is 0 Å². The molecule has 94 valence electrons. The van der Waals surface area contributed by atoms with Crippen molar-refractivity contribution in [2.24, 2.45) is 0 Å². The minimum absolute atomic E-state index is 0.500. The second-order valence-electron chi connectivity index (χ2n) is 5.24. The van der Waals surface area contributed by atoms with Gasteiger partial charge in [0.2, 0.25) is 0 Å². The van der Waals surface area contributed by atoms with E-state index in [2.05, 4.69) is 32.0 Å². The number of fused-ring (bicyclic) bond motifs is 3. The Morgan fingerprint density at radius 2 is 2.28 bits per heavy atom. The number of halogens is 1. The summed E-state index contributed by atoms with van der Waals surface area (Å²) in [6.07, 6.45) is 3.05. The highest BCUT2D eigenvalue weighted by Crippen LogP contribution is 2.35. The number of H-pyrrole nitrogens is 1. The highest BCUT2D eigenvalue weighted by Gasteiger charge is 2.42. The highest BCUT2D eigenvalue weighted by atomic mass is 35.5. The van der Waals surface area contributed by atoms with E-state index in [1.54, 1.807) is 0 Å². The molecule has 2 fully saturated rings. The number of hydrogen-bond donors (Lipinski definition) is 1. The van der Waals surface area contributed by atoms with E-state index >= 15 is 0 Å². The molecule has 2 bridgehead atoms. The van der Waals surface area contributed by atoms with Gasteiger partial charge in [-0.2, -0.15) is 5.10 Å². The third-order valence-corrected chi connectivity index (χ3v) is 4.39. The largest absolute Gasteiger partial charge is 0.349 e. The topological polar surface area (TPSA) is 48.0 Å². The Labute approximate surface area is 110 Å². The predicted molar refractivity (Wildman–Crippen MR) is 71.1 cm³/mol. The van der Waals surface area contributed by atoms with Crippen molar-refractivity contribution in [2.75, 3.05) is 25.0 Å². The molecule has 1 N–H and O–H groups in total. The summed E-state index contributed by atoms with van der Waals surface area (Å²) in [5, 5.41) is 9.06. The van der Waals surface area contributed by atoms with Gasteiger partial charge in [-0.25, -0.2) is 4.98 Å². The Bertz CT molecular complexity index is 608. The summed E-state index contributed by atoms with van der Waals surface area (Å²) in [7, 11) is 2.20. The van der Waals surface area contributed by atoms with Crippen LogP contribution in [-0.2, 0) is 0 Å². The molecule has 2 aliphatic heterocycles. The zero-order chi connectivity index (χ0) is 12.3. The van der Waals surface area contributed by atoms with Crippen LogP contribution in [-0.4, -0.2) is 52.3 Å². The van der Waals surface area contributed by atoms with Crippen LogP contribution in [0.4, 0.5) is 5.82 Å². The Kier molecular flexibility index (Phi) is 2.11. The summed E-state index contributed by atoms with van der Waals surface area (Å²) in [5.74, 6) is 1.02. The Hall–Kier alpha value is -1.33. The molecule has 0 amide bonds. The van der Waals surface area contributed by atoms with E-state index in [4.69, 9.17) is 11.6 Å². The van der Waals surface area contributed by atoms with Crippen molar-refractivity contribution in [3.05, 3.63) is 17.4 Å². The third-order valence-electron chi connectivity index (χ3n) is 4.18. The minimum Gasteiger partial charge on any atom is -0.349 e. The van der Waals surface area contributed by atoms with Gasteiger partial charge in [0.25, 0.3) is 0 Å². The van der Waals surface area contributed by atoms with Gasteiger partial charge in [-0.3, -0.25) is 10.00 Å². The Morgan fingerprint density at radius 3 is 3.00 bits per heavy atom. The zero-order valence-corrected chi connectivity index (χ0v) is 10.9. The van der Waals surface area contributed by atoms with Crippen LogP contribution in [0.15, 0.2) is 12.3 Å². The van der Waals surface area contributed by atoms with Gasteiger partial charge in [-0.1, -0.05) is 11.6 Å². The molecule has 0 aliphatic carbocycles. The molecule has 0 radical (unpaired) electrons. The van der Waals surface area contributed by atoms with Crippen molar-refractivity contribution in [1.29, 1.82) is 0 Å². The second-order valence-corrected chi connectivity index (χ2v) is 5.62. The average molecular weight is 264 g/mol. The fraction of sp³-hybridized carbons (Fsp3) is 0.500. The number of likely N-dealkylation sites (tertiary alicyclic amines) is 1. The van der Waals surface area contributed by atoms with Gasteiger partial charge < -0.3 is 4.90 Å². The summed E-state index contributed by atoms with van der Waals surface area (Å²) in [6, 6.07) is 3.08. The van der Waals surface area contributed by atoms with Crippen molar-refractivity contribution in [3.63, 3.8) is 0 Å². The highest BCUT2D eigenvalue weighted by molar-refractivity contribution is 6.30. The standard InChI is InChI=1S/C12H14ClN5/c1-17-5-8-2-7(17)6-18(8)12-9-4-14-11(13)3-10(9)15-16-12/h3-4,7-8H,2,5-6H2,1H3,(H,15,16). The third kappa shape index (κ3) is 1.37. The summed E-state index contributed by atoms with van der Waals surface area (Å²) < 4.78 is 0. The van der Waals surface area contributed by atoms with Crippen LogP contribution in [0.3, 0.4) is 0 Å². The molecular weight excluding hydrogens is 250 g/mol. The zero-order valence-electron chi connectivity index (χ0n) is 10.1. The molecule has 18 heavy (non-hydrogen) atoms. The molecule has 6 heteroatoms. The van der Waals surface area contributed by atoms with E-state index in [9.17, 15) is 0 Å². The monoisotopic (exact) mass is 263 g/mol. The number of anilines is 1. The maximum Gasteiger partial charge on any atom is 0.160 e. The van der Waals surface area contributed by atoms with Crippen molar-refractivity contribution in [2.45, 2.75) is 18.5 Å². The first-order valence-corrected chi connectivity index (χ1v) is 6.56. The number of aromatic nitrogens is 3. The van der Waals surface area contributed by atoms with Crippen molar-refractivity contribution >= 4 is 28.3 Å². The normalized spacial score (nSPS) is 27.6. The quantitative estimate of drug-likeness (QED) is 0.793. The second kappa shape index (κ2) is 3.59. The van der Waals surface area contributed by atoms with Crippen molar-refractivity contribution in [3.8, 4) is 0 Å². The lowest BCUT2D eigenvalue weighted by atomic mass is 10.2. The number of hydrogen-bond acceptors (Lipinski definition) is 4. The summed E-state index contributed by atoms with van der Waals surface area (Å²) in [4.78, 5) is 8.99. The van der Waals surface area contributed by atoms with Crippen LogP contribution in [0.25, 0.3) is 10.9 Å². The van der Waals surface area contributed by atoms with Gasteiger partial charge in [-0.05, 0) is 13.5 Å². The van der Waals surface area contributed by atoms with E-state index in [0.717, 1.165) is 29.8 Å². The van der Waals surface area contributed by atoms with Gasteiger partial charge in [-0.15, -0.1) is 0 Å². The lowest BCUT2D eigenvalue weighted by molar-refractivity contribution is 0.292. The first-order valence-electron chi connectivity index (χ1n) is 6.19. The molecular formula is C12H14ClN5. The van der Waals surface area contributed by atoms with Crippen LogP contribution in [0, 0.1) is 0 Å². The number of piperazine rings is 1. The van der Waals surface area contributed by atoms with E-state index in [1.807, 2.05) is 12.3 Å². The molecule has 4 rings (SSSR count). The van der Waals surface area contributed by atoms with Crippen molar-refractivity contribution in [1.82, 2.24) is 20.1 Å². The number of likely N-dealkylation sites (N-methyl/N-ethyl adjacent to an activating group) is 1. The lowest BCUT2D eigenvalue weighted by Crippen LogP contribution is -2.44. The predicted octanol–water partition coefficient (Wildman–Crippen LogP) is 1.50. The maximum absolute atomic E-state index is 5.89. The molecule has 2 aromatic rings. The van der Waals surface area contributed by atoms with Crippen LogP contribution >= 0.6 is 11.6 Å². The summed E-state index contributed by atoms with van der Waals surface area (Å²) in [6.45, 7) is 2.18. The first-order chi connectivity index (χ1) is 8.72. The smallest absolute Gasteiger partial charge is 0.160 e. The molecule has 2 aromatic heterocycles. The minimum atomic E-state index is 0.500. The molecule has 2 aliphatic rings. The van der Waals surface area contributed by atoms with Crippen LogP contribution in [0.5, 0.6) is 0 Å². The first kappa shape index (κ1) is 10.6. The number of pyridine rings is 1. The van der Waals surface area contributed by atoms with E-state index < -0.39 is 0 Å². The van der Waals surface area contributed by atoms with Gasteiger partial charge in [0.15, 0.2) is 5.82 Å². The SMILES string of the molecule is CN1CC2CC1CN2c1n[nH]c2cc(Cl)ncc12. The van der Waals surface area contributed by atoms with Crippen LogP contribution in [0.1, 0.15) is 6.42 Å². The van der Waals surface area contributed by atoms with Crippen LogP contribution in [0.2, 0.25) is 5.15 Å². The molecule has 5 nitrogen and oxygen atoms in total. The Balaban J connectivity index is 1.76. The molecule has 0 saturated carbocycles. The lowest BCUT2D eigenvalue weighted by Gasteiger charge is -2.32. The van der Waals surface area contributed by atoms with E-state index in [-0.39, 0.29) is 0 Å². The fourth-order valence-electron chi connectivity index (χ4n) is 3.22. The van der Waals surface area contributed by atoms with E-state index in [0.29, 0.717) is 17.2 Å². The number of nitrogens with one attached hydrogen (secondary N) is 1. The van der Waals surface area contributed by atoms with Gasteiger partial charge in [0.05, 0.1) is 10.9 Å². The fourth-order valence-corrected chi connectivity index (χ4v) is 3.38. The summed E-state index contributed by atoms with van der Waals surface area (Å²) >= 11 is 5.89. The molecule has 0 spiro atoms. The van der Waals surface area contributed by atoms with Crippen molar-refractivity contribution < 1.29 is 0 Å². The average Bonchev–Trinajstić information content (AvgIpc) is 3.00. The number of nitrogens with zero attached hydrogens (tertiary/aromatic N) is 4. The number of rotatable bonds is 1. The Morgan fingerprint density at radius 1 is 1.39 bits per heavy atom. The molecule has 2 saturated heterocycles. The van der Waals surface area contributed by atoms with Crippen LogP contribution < -0.4 is 4.90 Å². The molecule has 2 unspecified atom stereocenters. The molecule has 0 aromatic carbocycles. The van der Waals surface area contributed by atoms with E-state index in [1.165, 1.54) is 6.42 Å². The van der Waals surface area contributed by atoms with Gasteiger partial charge in [0.1, 0.15) is 5.15 Å². The summed E-state index contributed by atoms with van der Waals surface area (Å²) in [5.41, 5.74) is 0.959. The molecule has 4 heterocycles. The van der Waals surface area contributed by atoms with Gasteiger partial charge in [0, 0.05) is 37.4 Å². The number of aromatic amines is 1.